The van der Waals surface area contributed by atoms with E-state index in [0.29, 0.717) is 0 Å². The molecular formula is C15H18F3N3O4. The summed E-state index contributed by atoms with van der Waals surface area (Å²) in [5, 5.41) is 10.1. The van der Waals surface area contributed by atoms with Crippen LogP contribution in [0.4, 0.5) is 13.2 Å². The number of carbonyl (C=O) groups is 2. The van der Waals surface area contributed by atoms with Gasteiger partial charge in [-0.25, -0.2) is 4.98 Å². The van der Waals surface area contributed by atoms with E-state index in [0.717, 1.165) is 18.5 Å². The highest BCUT2D eigenvalue weighted by atomic mass is 19.4. The Morgan fingerprint density at radius 1 is 1.48 bits per heavy atom. The summed E-state index contributed by atoms with van der Waals surface area (Å²) < 4.78 is 44.6. The van der Waals surface area contributed by atoms with Crippen molar-refractivity contribution in [1.29, 1.82) is 0 Å². The van der Waals surface area contributed by atoms with E-state index in [2.05, 4.69) is 16.0 Å². The number of aromatic nitrogens is 1. The highest BCUT2D eigenvalue weighted by Gasteiger charge is 2.60. The number of rotatable bonds is 4. The monoisotopic (exact) mass is 361 g/mol. The predicted octanol–water partition coefficient (Wildman–Crippen LogP) is 1.06. The number of nitrogens with zero attached hydrogens (tertiary/aromatic N) is 3. The van der Waals surface area contributed by atoms with E-state index < -0.39 is 36.0 Å². The fraction of sp³-hybridized carbons (Fsp3) is 0.533. The summed E-state index contributed by atoms with van der Waals surface area (Å²) in [5.74, 6) is -2.21. The minimum absolute atomic E-state index is 0.0547. The number of oxazole rings is 1. The van der Waals surface area contributed by atoms with Gasteiger partial charge in [0.2, 0.25) is 23.3 Å². The van der Waals surface area contributed by atoms with E-state index in [9.17, 15) is 27.9 Å². The minimum atomic E-state index is -5.14. The fourth-order valence-electron chi connectivity index (χ4n) is 2.70. The zero-order valence-corrected chi connectivity index (χ0v) is 13.5. The Labute approximate surface area is 141 Å². The molecule has 0 spiro atoms. The first-order chi connectivity index (χ1) is 11.6. The molecule has 1 saturated heterocycles. The van der Waals surface area contributed by atoms with Crippen molar-refractivity contribution in [3.05, 3.63) is 31.0 Å². The number of hydrogen-bond donors (Lipinski definition) is 1. The predicted molar refractivity (Wildman–Crippen MR) is 79.0 cm³/mol. The van der Waals surface area contributed by atoms with Gasteiger partial charge in [0.05, 0.1) is 12.6 Å². The van der Waals surface area contributed by atoms with Crippen molar-refractivity contribution in [1.82, 2.24) is 14.8 Å². The Kier molecular flexibility index (Phi) is 5.21. The van der Waals surface area contributed by atoms with Crippen LogP contribution in [-0.4, -0.2) is 63.6 Å². The summed E-state index contributed by atoms with van der Waals surface area (Å²) in [6.45, 7) is 5.37. The molecule has 25 heavy (non-hydrogen) atoms. The van der Waals surface area contributed by atoms with Crippen LogP contribution in [0.3, 0.4) is 0 Å². The molecule has 2 heterocycles. The van der Waals surface area contributed by atoms with Gasteiger partial charge < -0.3 is 19.3 Å². The fourth-order valence-corrected chi connectivity index (χ4v) is 2.70. The van der Waals surface area contributed by atoms with E-state index >= 15 is 0 Å². The van der Waals surface area contributed by atoms with Gasteiger partial charge in [-0.2, -0.15) is 13.2 Å². The van der Waals surface area contributed by atoms with Gasteiger partial charge in [0.1, 0.15) is 6.26 Å². The molecule has 2 rings (SSSR count). The van der Waals surface area contributed by atoms with Crippen LogP contribution in [0, 0.1) is 0 Å². The standard InChI is InChI=1S/C15H18F3N3O4/c1-3-11(22)20-5-6-21(10(2)9-20)12(23)8-14(24,15(16,17)18)13-19-4-7-25-13/h3-4,7,10,24H,1,5-6,8-9H2,2H3/t10-,14?/m0/s1. The first-order valence-corrected chi connectivity index (χ1v) is 7.50. The van der Waals surface area contributed by atoms with Gasteiger partial charge in [-0.3, -0.25) is 9.59 Å². The number of hydrogen-bond acceptors (Lipinski definition) is 5. The van der Waals surface area contributed by atoms with Crippen LogP contribution in [0.5, 0.6) is 0 Å². The summed E-state index contributed by atoms with van der Waals surface area (Å²) >= 11 is 0. The molecule has 0 bridgehead atoms. The van der Waals surface area contributed by atoms with Crippen LogP contribution in [0.2, 0.25) is 0 Å². The number of alkyl halides is 3. The van der Waals surface area contributed by atoms with E-state index in [4.69, 9.17) is 0 Å². The largest absolute Gasteiger partial charge is 0.446 e. The number of piperazine rings is 1. The van der Waals surface area contributed by atoms with Gasteiger partial charge in [-0.15, -0.1) is 0 Å². The van der Waals surface area contributed by atoms with Gasteiger partial charge >= 0.3 is 6.18 Å². The van der Waals surface area contributed by atoms with Crippen LogP contribution < -0.4 is 0 Å². The highest BCUT2D eigenvalue weighted by Crippen LogP contribution is 2.41. The first kappa shape index (κ1) is 19.0. The first-order valence-electron chi connectivity index (χ1n) is 7.50. The van der Waals surface area contributed by atoms with Gasteiger partial charge in [-0.1, -0.05) is 6.58 Å². The molecule has 1 aliphatic rings. The number of amides is 2. The highest BCUT2D eigenvalue weighted by molar-refractivity contribution is 5.87. The molecule has 0 radical (unpaired) electrons. The average molecular weight is 361 g/mol. The second-order valence-electron chi connectivity index (χ2n) is 5.80. The van der Waals surface area contributed by atoms with Gasteiger partial charge in [0.25, 0.3) is 0 Å². The molecule has 1 aromatic rings. The van der Waals surface area contributed by atoms with Crippen molar-refractivity contribution in [2.75, 3.05) is 19.6 Å². The van der Waals surface area contributed by atoms with Crippen molar-refractivity contribution < 1.29 is 32.3 Å². The van der Waals surface area contributed by atoms with Crippen molar-refractivity contribution in [3.63, 3.8) is 0 Å². The van der Waals surface area contributed by atoms with E-state index in [1.807, 2.05) is 0 Å². The third kappa shape index (κ3) is 3.68. The molecule has 2 atom stereocenters. The average Bonchev–Trinajstić information content (AvgIpc) is 3.07. The summed E-state index contributed by atoms with van der Waals surface area (Å²) in [6, 6.07) is -0.507. The molecule has 2 amide bonds. The smallest absolute Gasteiger partial charge is 0.426 e. The van der Waals surface area contributed by atoms with E-state index in [-0.39, 0.29) is 25.5 Å². The van der Waals surface area contributed by atoms with E-state index in [1.165, 1.54) is 9.80 Å². The zero-order chi connectivity index (χ0) is 18.8. The molecular weight excluding hydrogens is 343 g/mol. The van der Waals surface area contributed by atoms with Crippen LogP contribution >= 0.6 is 0 Å². The Morgan fingerprint density at radius 3 is 2.64 bits per heavy atom. The minimum Gasteiger partial charge on any atom is -0.446 e. The SMILES string of the molecule is C=CC(=O)N1CCN(C(=O)CC(O)(c2ncco2)C(F)(F)F)[C@@H](C)C1. The van der Waals surface area contributed by atoms with Crippen molar-refractivity contribution >= 4 is 11.8 Å². The molecule has 0 aromatic carbocycles. The quantitative estimate of drug-likeness (QED) is 0.811. The Balaban J connectivity index is 2.15. The Hall–Kier alpha value is -2.36. The van der Waals surface area contributed by atoms with Crippen LogP contribution in [0.25, 0.3) is 0 Å². The molecule has 138 valence electrons. The van der Waals surface area contributed by atoms with Crippen molar-refractivity contribution in [2.24, 2.45) is 0 Å². The maximum atomic E-state index is 13.3. The molecule has 0 aliphatic carbocycles. The normalized spacial score (nSPS) is 20.9. The molecule has 1 N–H and O–H groups in total. The van der Waals surface area contributed by atoms with Crippen LogP contribution in [-0.2, 0) is 15.2 Å². The lowest BCUT2D eigenvalue weighted by Gasteiger charge is -2.40. The summed E-state index contributed by atoms with van der Waals surface area (Å²) in [4.78, 5) is 30.0. The topological polar surface area (TPSA) is 86.9 Å². The van der Waals surface area contributed by atoms with Gasteiger partial charge in [-0.05, 0) is 13.0 Å². The lowest BCUT2D eigenvalue weighted by Crippen LogP contribution is -2.57. The molecule has 1 aromatic heterocycles. The molecule has 10 heteroatoms. The summed E-state index contributed by atoms with van der Waals surface area (Å²) in [7, 11) is 0. The third-order valence-electron chi connectivity index (χ3n) is 4.10. The number of aliphatic hydroxyl groups is 1. The van der Waals surface area contributed by atoms with Crippen LogP contribution in [0.1, 0.15) is 19.2 Å². The molecule has 7 nitrogen and oxygen atoms in total. The van der Waals surface area contributed by atoms with Gasteiger partial charge in [0, 0.05) is 25.7 Å². The maximum absolute atomic E-state index is 13.3. The molecule has 1 aliphatic heterocycles. The lowest BCUT2D eigenvalue weighted by atomic mass is 9.97. The summed E-state index contributed by atoms with van der Waals surface area (Å²) in [5.41, 5.74) is -3.51. The second-order valence-corrected chi connectivity index (χ2v) is 5.80. The maximum Gasteiger partial charge on any atom is 0.426 e. The van der Waals surface area contributed by atoms with E-state index in [1.54, 1.807) is 6.92 Å². The number of halogens is 3. The molecule has 1 unspecified atom stereocenters. The second kappa shape index (κ2) is 6.87. The van der Waals surface area contributed by atoms with Crippen molar-refractivity contribution in [3.8, 4) is 0 Å². The lowest BCUT2D eigenvalue weighted by molar-refractivity contribution is -0.276. The van der Waals surface area contributed by atoms with Crippen molar-refractivity contribution in [2.45, 2.75) is 31.2 Å². The molecule has 1 fully saturated rings. The third-order valence-corrected chi connectivity index (χ3v) is 4.10. The zero-order valence-electron chi connectivity index (χ0n) is 13.5. The molecule has 0 saturated carbocycles. The van der Waals surface area contributed by atoms with Crippen LogP contribution in [0.15, 0.2) is 29.5 Å². The Bertz CT molecular complexity index is 647. The van der Waals surface area contributed by atoms with Gasteiger partial charge in [0.15, 0.2) is 0 Å². The summed E-state index contributed by atoms with van der Waals surface area (Å²) in [6.07, 6.45) is -3.42. The number of carbonyl (C=O) groups excluding carboxylic acids is 2. The Morgan fingerprint density at radius 2 is 2.16 bits per heavy atom.